The van der Waals surface area contributed by atoms with Gasteiger partial charge in [0.25, 0.3) is 0 Å². The average Bonchev–Trinajstić information content (AvgIpc) is 3.30. The molecule has 3 aromatic rings. The van der Waals surface area contributed by atoms with Crippen LogP contribution in [0.4, 0.5) is 0 Å². The summed E-state index contributed by atoms with van der Waals surface area (Å²) in [5.41, 5.74) is 8.26. The highest BCUT2D eigenvalue weighted by Gasteiger charge is 2.22. The predicted octanol–water partition coefficient (Wildman–Crippen LogP) is 7.03. The van der Waals surface area contributed by atoms with E-state index in [0.29, 0.717) is 5.71 Å². The Morgan fingerprint density at radius 3 is 2.29 bits per heavy atom. The Balaban J connectivity index is 1.83. The second-order valence-corrected chi connectivity index (χ2v) is 9.92. The highest BCUT2D eigenvalue weighted by Crippen LogP contribution is 2.34. The molecule has 1 aliphatic rings. The van der Waals surface area contributed by atoms with Crippen molar-refractivity contribution in [3.8, 4) is 5.69 Å². The van der Waals surface area contributed by atoms with Crippen molar-refractivity contribution in [3.05, 3.63) is 64.8 Å². The molecule has 200 valence electrons. The first kappa shape index (κ1) is 27.3. The molecule has 4 rings (SSSR count). The molecule has 1 aromatic heterocycles. The molecule has 0 aliphatic heterocycles. The van der Waals surface area contributed by atoms with Gasteiger partial charge in [-0.05, 0) is 68.7 Å². The van der Waals surface area contributed by atoms with Gasteiger partial charge in [-0.3, -0.25) is 0 Å². The minimum Gasteiger partial charge on any atom is -0.318 e. The van der Waals surface area contributed by atoms with Crippen LogP contribution >= 0.6 is 0 Å². The molecule has 0 atom stereocenters. The summed E-state index contributed by atoms with van der Waals surface area (Å²) in [5, 5.41) is 9.44. The highest BCUT2D eigenvalue weighted by molar-refractivity contribution is 6.11. The number of carbonyl (C=O) groups is 2. The minimum atomic E-state index is -0.429. The van der Waals surface area contributed by atoms with Gasteiger partial charge in [-0.1, -0.05) is 60.8 Å². The third-order valence-electron chi connectivity index (χ3n) is 7.04. The molecule has 0 saturated carbocycles. The molecule has 1 aliphatic carbocycles. The van der Waals surface area contributed by atoms with E-state index in [1.807, 2.05) is 19.1 Å². The number of hydrogen-bond acceptors (Lipinski definition) is 6. The normalized spacial score (nSPS) is 13.9. The monoisotopic (exact) mass is 515 g/mol. The first-order chi connectivity index (χ1) is 18.4. The maximum absolute atomic E-state index is 11.6. The number of benzene rings is 2. The van der Waals surface area contributed by atoms with Crippen LogP contribution in [0.1, 0.15) is 94.9 Å². The van der Waals surface area contributed by atoms with Crippen LogP contribution in [0.5, 0.6) is 0 Å². The lowest BCUT2D eigenvalue weighted by Crippen LogP contribution is -2.13. The lowest BCUT2D eigenvalue weighted by atomic mass is 9.85. The first-order valence-electron chi connectivity index (χ1n) is 13.6. The summed E-state index contributed by atoms with van der Waals surface area (Å²) in [6, 6.07) is 12.5. The van der Waals surface area contributed by atoms with Crippen LogP contribution in [0.2, 0.25) is 0 Å². The number of hydrogen-bond donors (Lipinski definition) is 0. The lowest BCUT2D eigenvalue weighted by Gasteiger charge is -2.23. The topological polar surface area (TPSA) is 82.2 Å². The summed E-state index contributed by atoms with van der Waals surface area (Å²) in [6.07, 6.45) is 11.4. The van der Waals surface area contributed by atoms with E-state index in [9.17, 15) is 9.59 Å². The number of carbonyl (C=O) groups excluding carboxylic acids is 2. The van der Waals surface area contributed by atoms with Crippen LogP contribution in [0.3, 0.4) is 0 Å². The van der Waals surface area contributed by atoms with Crippen molar-refractivity contribution in [1.82, 2.24) is 4.57 Å². The molecule has 1 heterocycles. The van der Waals surface area contributed by atoms with E-state index in [1.54, 1.807) is 0 Å². The Morgan fingerprint density at radius 1 is 0.842 bits per heavy atom. The van der Waals surface area contributed by atoms with Crippen molar-refractivity contribution in [2.45, 2.75) is 85.5 Å². The smallest absolute Gasteiger partial charge is 0.318 e. The van der Waals surface area contributed by atoms with Gasteiger partial charge in [-0.25, -0.2) is 9.59 Å². The maximum Gasteiger partial charge on any atom is 0.331 e. The Bertz CT molecular complexity index is 1380. The SMILES string of the molecule is CCCCCC/C(=N\OC(C)=O)c1cn(-c2ccc(/C(C)=N/OC(C)=O)c3c2CCCC3)c2ccccc12. The molecule has 0 saturated heterocycles. The largest absolute Gasteiger partial charge is 0.331 e. The fourth-order valence-corrected chi connectivity index (χ4v) is 5.27. The molecule has 7 heteroatoms. The third kappa shape index (κ3) is 6.21. The fourth-order valence-electron chi connectivity index (χ4n) is 5.27. The minimum absolute atomic E-state index is 0.421. The van der Waals surface area contributed by atoms with Crippen molar-refractivity contribution in [3.63, 3.8) is 0 Å². The standard InChI is InChI=1S/C31H37N3O4/c1-5-6-7-8-16-29(33-38-23(4)36)28-20-34(30-17-12-11-15-27(28)30)31-19-18-24(21(2)32-37-22(3)35)25-13-9-10-14-26(25)31/h11-12,15,17-20H,5-10,13-14,16H2,1-4H3/b32-21+,33-29+. The van der Waals surface area contributed by atoms with E-state index in [4.69, 9.17) is 9.68 Å². The zero-order chi connectivity index (χ0) is 27.1. The van der Waals surface area contributed by atoms with Crippen LogP contribution < -0.4 is 0 Å². The van der Waals surface area contributed by atoms with Crippen LogP contribution in [-0.2, 0) is 32.1 Å². The van der Waals surface area contributed by atoms with Crippen molar-refractivity contribution in [1.29, 1.82) is 0 Å². The Hall–Kier alpha value is -3.74. The summed E-state index contributed by atoms with van der Waals surface area (Å²) in [4.78, 5) is 33.0. The molecule has 38 heavy (non-hydrogen) atoms. The Morgan fingerprint density at radius 2 is 1.55 bits per heavy atom. The third-order valence-corrected chi connectivity index (χ3v) is 7.04. The molecular weight excluding hydrogens is 478 g/mol. The van der Waals surface area contributed by atoms with Gasteiger partial charge in [0.15, 0.2) is 0 Å². The van der Waals surface area contributed by atoms with Crippen molar-refractivity contribution < 1.29 is 19.3 Å². The maximum atomic E-state index is 11.6. The summed E-state index contributed by atoms with van der Waals surface area (Å²) >= 11 is 0. The number of oxime groups is 2. The zero-order valence-corrected chi connectivity index (χ0v) is 22.9. The van der Waals surface area contributed by atoms with Gasteiger partial charge in [-0.2, -0.15) is 0 Å². The van der Waals surface area contributed by atoms with E-state index in [2.05, 4.69) is 52.3 Å². The number of para-hydroxylation sites is 1. The summed E-state index contributed by atoms with van der Waals surface area (Å²) in [5.74, 6) is -0.850. The highest BCUT2D eigenvalue weighted by atomic mass is 16.7. The number of unbranched alkanes of at least 4 members (excludes halogenated alkanes) is 3. The van der Waals surface area contributed by atoms with Crippen LogP contribution in [-0.4, -0.2) is 27.9 Å². The van der Waals surface area contributed by atoms with Gasteiger partial charge in [0.2, 0.25) is 0 Å². The van der Waals surface area contributed by atoms with Crippen molar-refractivity contribution in [2.24, 2.45) is 10.3 Å². The molecule has 0 spiro atoms. The molecule has 2 aromatic carbocycles. The second-order valence-electron chi connectivity index (χ2n) is 9.92. The number of rotatable bonds is 10. The van der Waals surface area contributed by atoms with E-state index in [0.717, 1.165) is 84.8 Å². The number of nitrogens with zero attached hydrogens (tertiary/aromatic N) is 3. The number of fused-ring (bicyclic) bond motifs is 2. The first-order valence-corrected chi connectivity index (χ1v) is 13.6. The molecule has 0 amide bonds. The van der Waals surface area contributed by atoms with Gasteiger partial charge in [-0.15, -0.1) is 0 Å². The molecular formula is C31H37N3O4. The Labute approximate surface area is 224 Å². The molecule has 0 unspecified atom stereocenters. The predicted molar refractivity (Wildman–Crippen MR) is 151 cm³/mol. The van der Waals surface area contributed by atoms with Gasteiger partial charge >= 0.3 is 11.9 Å². The molecule has 0 bridgehead atoms. The van der Waals surface area contributed by atoms with Gasteiger partial charge in [0.1, 0.15) is 0 Å². The van der Waals surface area contributed by atoms with Crippen molar-refractivity contribution in [2.75, 3.05) is 0 Å². The summed E-state index contributed by atoms with van der Waals surface area (Å²) < 4.78 is 2.24. The second kappa shape index (κ2) is 12.7. The molecule has 0 N–H and O–H groups in total. The van der Waals surface area contributed by atoms with E-state index >= 15 is 0 Å². The zero-order valence-electron chi connectivity index (χ0n) is 22.9. The summed E-state index contributed by atoms with van der Waals surface area (Å²) in [7, 11) is 0. The van der Waals surface area contributed by atoms with Crippen molar-refractivity contribution >= 4 is 34.3 Å². The quantitative estimate of drug-likeness (QED) is 0.126. The number of aromatic nitrogens is 1. The van der Waals surface area contributed by atoms with Crippen LogP contribution in [0, 0.1) is 0 Å². The fraction of sp³-hybridized carbons (Fsp3) is 0.419. The molecule has 0 radical (unpaired) electrons. The van der Waals surface area contributed by atoms with E-state index in [-0.39, 0.29) is 0 Å². The van der Waals surface area contributed by atoms with Crippen LogP contribution in [0.25, 0.3) is 16.6 Å². The van der Waals surface area contributed by atoms with Gasteiger partial charge in [0, 0.05) is 42.2 Å². The van der Waals surface area contributed by atoms with E-state index < -0.39 is 11.9 Å². The van der Waals surface area contributed by atoms with Gasteiger partial charge < -0.3 is 14.2 Å². The van der Waals surface area contributed by atoms with Crippen LogP contribution in [0.15, 0.2) is 52.9 Å². The Kier molecular flexibility index (Phi) is 9.10. The lowest BCUT2D eigenvalue weighted by molar-refractivity contribution is -0.141. The van der Waals surface area contributed by atoms with E-state index in [1.165, 1.54) is 31.4 Å². The molecule has 7 nitrogen and oxygen atoms in total. The summed E-state index contributed by atoms with van der Waals surface area (Å²) in [6.45, 7) is 6.80. The molecule has 0 fully saturated rings. The van der Waals surface area contributed by atoms with Gasteiger partial charge in [0.05, 0.1) is 16.9 Å². The average molecular weight is 516 g/mol.